The number of hydrogen-bond donors (Lipinski definition) is 2. The summed E-state index contributed by atoms with van der Waals surface area (Å²) in [5, 5.41) is 8.51. The summed E-state index contributed by atoms with van der Waals surface area (Å²) in [6, 6.07) is 4.22. The number of benzene rings is 1. The summed E-state index contributed by atoms with van der Waals surface area (Å²) in [7, 11) is 0. The molecule has 0 aliphatic carbocycles. The number of nitrogens with two attached hydrogens (primary N) is 1. The van der Waals surface area contributed by atoms with Gasteiger partial charge in [-0.3, -0.25) is 19.3 Å². The Labute approximate surface area is 130 Å². The second-order valence-corrected chi connectivity index (χ2v) is 4.98. The molecule has 0 spiro atoms. The van der Waals surface area contributed by atoms with Gasteiger partial charge in [-0.1, -0.05) is 12.1 Å². The predicted octanol–water partition coefficient (Wildman–Crippen LogP) is 1.63. The third kappa shape index (κ3) is 3.26. The summed E-state index contributed by atoms with van der Waals surface area (Å²) in [6.07, 6.45) is -0.503. The number of imide groups is 1. The van der Waals surface area contributed by atoms with Gasteiger partial charge in [0.2, 0.25) is 0 Å². The predicted molar refractivity (Wildman–Crippen MR) is 75.9 cm³/mol. The van der Waals surface area contributed by atoms with Gasteiger partial charge in [-0.05, 0) is 18.6 Å². The summed E-state index contributed by atoms with van der Waals surface area (Å²) in [6.45, 7) is -0.102. The van der Waals surface area contributed by atoms with Crippen molar-refractivity contribution in [2.45, 2.75) is 18.9 Å². The van der Waals surface area contributed by atoms with Crippen LogP contribution in [0.2, 0.25) is 0 Å². The minimum Gasteiger partial charge on any atom is -0.480 e. The van der Waals surface area contributed by atoms with Crippen molar-refractivity contribution < 1.29 is 28.3 Å². The van der Waals surface area contributed by atoms with Crippen LogP contribution in [0.1, 0.15) is 33.6 Å². The molecular formula is C15H14F2N2O4. The minimum absolute atomic E-state index is 0.0446. The molecule has 6 nitrogen and oxygen atoms in total. The molecule has 0 saturated heterocycles. The molecule has 2 amide bonds. The number of aliphatic carboxylic acids is 1. The smallest absolute Gasteiger partial charge is 0.327 e. The molecule has 3 N–H and O–H groups in total. The van der Waals surface area contributed by atoms with Crippen LogP contribution in [0.25, 0.3) is 0 Å². The molecular weight excluding hydrogens is 310 g/mol. The van der Waals surface area contributed by atoms with E-state index in [0.29, 0.717) is 0 Å². The summed E-state index contributed by atoms with van der Waals surface area (Å²) < 4.78 is 26.9. The quantitative estimate of drug-likeness (QED) is 0.775. The Morgan fingerprint density at radius 1 is 1.17 bits per heavy atom. The molecule has 1 heterocycles. The van der Waals surface area contributed by atoms with Crippen molar-refractivity contribution in [2.24, 2.45) is 5.73 Å². The molecule has 1 aromatic carbocycles. The van der Waals surface area contributed by atoms with Crippen LogP contribution < -0.4 is 5.73 Å². The van der Waals surface area contributed by atoms with Crippen molar-refractivity contribution in [3.05, 3.63) is 47.0 Å². The molecule has 2 rings (SSSR count). The lowest BCUT2D eigenvalue weighted by Crippen LogP contribution is -2.32. The topological polar surface area (TPSA) is 101 Å². The van der Waals surface area contributed by atoms with Gasteiger partial charge in [-0.2, -0.15) is 0 Å². The van der Waals surface area contributed by atoms with Gasteiger partial charge in [0.1, 0.15) is 5.83 Å². The number of carboxylic acid groups (broad SMARTS) is 1. The van der Waals surface area contributed by atoms with E-state index < -0.39 is 41.9 Å². The highest BCUT2D eigenvalue weighted by Crippen LogP contribution is 2.24. The summed E-state index contributed by atoms with van der Waals surface area (Å²) in [4.78, 5) is 35.5. The Morgan fingerprint density at radius 3 is 2.17 bits per heavy atom. The van der Waals surface area contributed by atoms with Gasteiger partial charge in [-0.15, -0.1) is 0 Å². The lowest BCUT2D eigenvalue weighted by atomic mass is 10.1. The maximum atomic E-state index is 13.5. The normalized spacial score (nSPS) is 16.2. The first-order valence-corrected chi connectivity index (χ1v) is 6.82. The van der Waals surface area contributed by atoms with E-state index in [0.717, 1.165) is 4.90 Å². The van der Waals surface area contributed by atoms with E-state index >= 15 is 0 Å². The molecule has 0 bridgehead atoms. The summed E-state index contributed by atoms with van der Waals surface area (Å²) in [5.41, 5.74) is 5.51. The van der Waals surface area contributed by atoms with Crippen molar-refractivity contribution in [1.82, 2.24) is 4.90 Å². The molecule has 0 fully saturated rings. The zero-order chi connectivity index (χ0) is 17.1. The third-order valence-electron chi connectivity index (χ3n) is 3.45. The van der Waals surface area contributed by atoms with Gasteiger partial charge in [-0.25, -0.2) is 8.78 Å². The van der Waals surface area contributed by atoms with Gasteiger partial charge in [0.25, 0.3) is 11.8 Å². The Kier molecular flexibility index (Phi) is 4.85. The van der Waals surface area contributed by atoms with E-state index in [1.807, 2.05) is 0 Å². The number of halogens is 2. The Hall–Kier alpha value is -2.61. The highest BCUT2D eigenvalue weighted by atomic mass is 19.2. The number of carbonyl (C=O) groups excluding carboxylic acids is 2. The number of rotatable bonds is 6. The maximum absolute atomic E-state index is 13.5. The molecule has 1 aliphatic heterocycles. The number of carboxylic acids is 1. The van der Waals surface area contributed by atoms with Crippen molar-refractivity contribution in [2.75, 3.05) is 6.54 Å². The van der Waals surface area contributed by atoms with E-state index in [1.54, 1.807) is 12.1 Å². The summed E-state index contributed by atoms with van der Waals surface area (Å²) >= 11 is 0. The number of carbonyl (C=O) groups is 3. The molecule has 23 heavy (non-hydrogen) atoms. The van der Waals surface area contributed by atoms with E-state index in [2.05, 4.69) is 0 Å². The largest absolute Gasteiger partial charge is 0.480 e. The maximum Gasteiger partial charge on any atom is 0.327 e. The van der Waals surface area contributed by atoms with Crippen molar-refractivity contribution in [3.63, 3.8) is 0 Å². The number of hydrogen-bond acceptors (Lipinski definition) is 4. The lowest BCUT2D eigenvalue weighted by molar-refractivity contribution is -0.138. The van der Waals surface area contributed by atoms with E-state index in [1.165, 1.54) is 12.1 Å². The first-order valence-electron chi connectivity index (χ1n) is 6.82. The molecule has 0 saturated carbocycles. The van der Waals surface area contributed by atoms with Crippen molar-refractivity contribution in [3.8, 4) is 0 Å². The number of allylic oxidation sites excluding steroid dienone is 1. The fraction of sp³-hybridized carbons (Fsp3) is 0.267. The van der Waals surface area contributed by atoms with Gasteiger partial charge in [0, 0.05) is 13.0 Å². The van der Waals surface area contributed by atoms with E-state index in [9.17, 15) is 23.2 Å². The zero-order valence-corrected chi connectivity index (χ0v) is 12.0. The first-order chi connectivity index (χ1) is 10.8. The highest BCUT2D eigenvalue weighted by Gasteiger charge is 2.34. The molecule has 1 aromatic rings. The highest BCUT2D eigenvalue weighted by molar-refractivity contribution is 6.21. The number of nitrogens with zero attached hydrogens (tertiary/aromatic N) is 1. The van der Waals surface area contributed by atoms with Crippen LogP contribution >= 0.6 is 0 Å². The molecule has 1 unspecified atom stereocenters. The molecule has 0 aromatic heterocycles. The van der Waals surface area contributed by atoms with Gasteiger partial charge in [0.15, 0.2) is 11.9 Å². The van der Waals surface area contributed by atoms with Gasteiger partial charge >= 0.3 is 5.97 Å². The van der Waals surface area contributed by atoms with E-state index in [-0.39, 0.29) is 24.1 Å². The van der Waals surface area contributed by atoms with Crippen LogP contribution in [0.15, 0.2) is 35.9 Å². The van der Waals surface area contributed by atoms with Crippen molar-refractivity contribution >= 4 is 17.8 Å². The lowest BCUT2D eigenvalue weighted by Gasteiger charge is -2.13. The average molecular weight is 324 g/mol. The average Bonchev–Trinajstić information content (AvgIpc) is 2.78. The standard InChI is InChI=1S/C15H14F2N2O4/c16-10(11(17)12(18)15(22)23)6-3-7-19-13(20)8-4-1-2-5-9(8)14(19)21/h1-2,4-5,12H,3,6-7,18H2,(H,22,23)/b11-10+. The second kappa shape index (κ2) is 6.66. The second-order valence-electron chi connectivity index (χ2n) is 4.98. The zero-order valence-electron chi connectivity index (χ0n) is 12.0. The van der Waals surface area contributed by atoms with Crippen LogP contribution in [-0.4, -0.2) is 40.4 Å². The van der Waals surface area contributed by atoms with Crippen LogP contribution in [-0.2, 0) is 4.79 Å². The van der Waals surface area contributed by atoms with Crippen LogP contribution in [0.3, 0.4) is 0 Å². The van der Waals surface area contributed by atoms with Crippen LogP contribution in [0, 0.1) is 0 Å². The van der Waals surface area contributed by atoms with E-state index in [4.69, 9.17) is 10.8 Å². The molecule has 122 valence electrons. The number of amides is 2. The Morgan fingerprint density at radius 2 is 1.70 bits per heavy atom. The van der Waals surface area contributed by atoms with Crippen LogP contribution in [0.5, 0.6) is 0 Å². The minimum atomic E-state index is -2.06. The molecule has 1 aliphatic rings. The van der Waals surface area contributed by atoms with Gasteiger partial charge < -0.3 is 10.8 Å². The first kappa shape index (κ1) is 16.8. The Balaban J connectivity index is 1.98. The number of fused-ring (bicyclic) bond motifs is 1. The fourth-order valence-electron chi connectivity index (χ4n) is 2.23. The third-order valence-corrected chi connectivity index (χ3v) is 3.45. The van der Waals surface area contributed by atoms with Crippen LogP contribution in [0.4, 0.5) is 8.78 Å². The van der Waals surface area contributed by atoms with Gasteiger partial charge in [0.05, 0.1) is 11.1 Å². The fourth-order valence-corrected chi connectivity index (χ4v) is 2.23. The van der Waals surface area contributed by atoms with Crippen molar-refractivity contribution in [1.29, 1.82) is 0 Å². The monoisotopic (exact) mass is 324 g/mol. The Bertz CT molecular complexity index is 667. The molecule has 1 atom stereocenters. The SMILES string of the molecule is NC(C(=O)O)/C(F)=C(\F)CCCN1C(=O)c2ccccc2C1=O. The summed E-state index contributed by atoms with van der Waals surface area (Å²) in [5.74, 6) is -5.51. The molecule has 0 radical (unpaired) electrons. The molecule has 8 heteroatoms.